The van der Waals surface area contributed by atoms with Crippen LogP contribution in [-0.2, 0) is 29.5 Å². The van der Waals surface area contributed by atoms with Crippen LogP contribution in [0, 0.1) is 0 Å². The summed E-state index contributed by atoms with van der Waals surface area (Å²) in [5.41, 5.74) is 1.10. The highest BCUT2D eigenvalue weighted by Gasteiger charge is 2.15. The minimum atomic E-state index is -3.23. The number of likely N-dealkylation sites (N-methyl/N-ethyl adjacent to an activating group) is 1. The molecule has 0 N–H and O–H groups in total. The van der Waals surface area contributed by atoms with Gasteiger partial charge in [-0.3, -0.25) is 0 Å². The van der Waals surface area contributed by atoms with Crippen LogP contribution in [0.15, 0.2) is 43.0 Å². The van der Waals surface area contributed by atoms with E-state index in [1.807, 2.05) is 35.0 Å². The molecular weight excluding hydrogens is 354 g/mol. The Bertz CT molecular complexity index is 936. The molecule has 1 aromatic carbocycles. The van der Waals surface area contributed by atoms with Crippen LogP contribution in [0.5, 0.6) is 0 Å². The summed E-state index contributed by atoms with van der Waals surface area (Å²) in [6, 6.07) is 9.94. The molecule has 0 amide bonds. The van der Waals surface area contributed by atoms with Gasteiger partial charge in [-0.2, -0.15) is 10.2 Å². The zero-order valence-electron chi connectivity index (χ0n) is 14.7. The van der Waals surface area contributed by atoms with Crippen LogP contribution < -0.4 is 0 Å². The molecule has 0 unspecified atom stereocenters. The summed E-state index contributed by atoms with van der Waals surface area (Å²) >= 11 is 0. The van der Waals surface area contributed by atoms with Crippen LogP contribution in [0.3, 0.4) is 0 Å². The summed E-state index contributed by atoms with van der Waals surface area (Å²) in [5.74, 6) is 1.35. The molecule has 0 aliphatic rings. The molecule has 0 saturated heterocycles. The molecule has 138 valence electrons. The smallest absolute Gasteiger partial charge is 0.210 e. The fourth-order valence-corrected chi connectivity index (χ4v) is 2.87. The number of hydrogen-bond acceptors (Lipinski definition) is 6. The summed E-state index contributed by atoms with van der Waals surface area (Å²) in [5, 5.41) is 8.64. The Morgan fingerprint density at radius 1 is 1.15 bits per heavy atom. The topological polar surface area (TPSA) is 98.8 Å². The Balaban J connectivity index is 1.81. The molecule has 0 spiro atoms. The lowest BCUT2D eigenvalue weighted by Crippen LogP contribution is -2.28. The van der Waals surface area contributed by atoms with Gasteiger partial charge < -0.3 is 0 Å². The number of sulfonamides is 1. The van der Waals surface area contributed by atoms with Gasteiger partial charge in [-0.15, -0.1) is 0 Å². The molecule has 0 atom stereocenters. The van der Waals surface area contributed by atoms with Crippen LogP contribution in [0.4, 0.5) is 0 Å². The monoisotopic (exact) mass is 375 g/mol. The predicted octanol–water partition coefficient (Wildman–Crippen LogP) is 0.400. The second-order valence-electron chi connectivity index (χ2n) is 6.02. The number of benzene rings is 1. The first-order valence-corrected chi connectivity index (χ1v) is 9.97. The van der Waals surface area contributed by atoms with E-state index in [9.17, 15) is 8.42 Å². The van der Waals surface area contributed by atoms with Gasteiger partial charge in [0.15, 0.2) is 5.82 Å². The molecule has 0 aliphatic heterocycles. The van der Waals surface area contributed by atoms with Crippen molar-refractivity contribution in [3.05, 3.63) is 60.2 Å². The van der Waals surface area contributed by atoms with Gasteiger partial charge in [-0.1, -0.05) is 30.3 Å². The van der Waals surface area contributed by atoms with Crippen molar-refractivity contribution in [3.8, 4) is 0 Å². The Hall–Kier alpha value is -2.59. The molecule has 0 radical (unpaired) electrons. The second kappa shape index (κ2) is 7.75. The predicted molar refractivity (Wildman–Crippen MR) is 95.9 cm³/mol. The largest absolute Gasteiger partial charge is 0.245 e. The lowest BCUT2D eigenvalue weighted by atomic mass is 10.2. The summed E-state index contributed by atoms with van der Waals surface area (Å²) in [6.45, 7) is 1.33. The molecular formula is C16H21N7O2S. The van der Waals surface area contributed by atoms with Gasteiger partial charge in [0.05, 0.1) is 12.8 Å². The molecule has 0 saturated carbocycles. The van der Waals surface area contributed by atoms with Crippen LogP contribution in [0.2, 0.25) is 0 Å². The van der Waals surface area contributed by atoms with Crippen LogP contribution in [-0.4, -0.2) is 62.1 Å². The minimum absolute atomic E-state index is 0.342. The van der Waals surface area contributed by atoms with Crippen molar-refractivity contribution in [3.63, 3.8) is 0 Å². The average Bonchev–Trinajstić information content (AvgIpc) is 3.23. The van der Waals surface area contributed by atoms with Gasteiger partial charge in [0, 0.05) is 20.0 Å². The number of hydrogen-bond donors (Lipinski definition) is 0. The Kier molecular flexibility index (Phi) is 5.43. The van der Waals surface area contributed by atoms with Gasteiger partial charge in [-0.05, 0) is 5.56 Å². The summed E-state index contributed by atoms with van der Waals surface area (Å²) in [4.78, 5) is 8.50. The fraction of sp³-hybridized carbons (Fsp3) is 0.375. The average molecular weight is 375 g/mol. The quantitative estimate of drug-likeness (QED) is 0.565. The van der Waals surface area contributed by atoms with E-state index < -0.39 is 10.0 Å². The highest BCUT2D eigenvalue weighted by atomic mass is 32.2. The summed E-state index contributed by atoms with van der Waals surface area (Å²) in [6.07, 6.45) is 4.73. The lowest BCUT2D eigenvalue weighted by Gasteiger charge is -2.13. The van der Waals surface area contributed by atoms with E-state index in [0.717, 1.165) is 11.4 Å². The fourth-order valence-electron chi connectivity index (χ4n) is 2.44. The van der Waals surface area contributed by atoms with Crippen molar-refractivity contribution in [2.24, 2.45) is 0 Å². The molecule has 2 heterocycles. The maximum Gasteiger partial charge on any atom is 0.210 e. The van der Waals surface area contributed by atoms with E-state index in [1.165, 1.54) is 16.9 Å². The Morgan fingerprint density at radius 3 is 2.58 bits per heavy atom. The van der Waals surface area contributed by atoms with Crippen molar-refractivity contribution in [1.29, 1.82) is 0 Å². The Labute approximate surface area is 152 Å². The van der Waals surface area contributed by atoms with Gasteiger partial charge in [0.25, 0.3) is 0 Å². The van der Waals surface area contributed by atoms with Crippen molar-refractivity contribution >= 4 is 10.0 Å². The standard InChI is InChI=1S/C16H21N7O2S/c1-21(26(2,24)25)9-8-16-19-15(11-22-13-17-12-18-22)20-23(16)10-14-6-4-3-5-7-14/h3-7,12-13H,8-11H2,1-2H3. The highest BCUT2D eigenvalue weighted by Crippen LogP contribution is 2.08. The van der Waals surface area contributed by atoms with E-state index in [2.05, 4.69) is 20.2 Å². The number of nitrogens with zero attached hydrogens (tertiary/aromatic N) is 7. The third-order valence-corrected chi connectivity index (χ3v) is 5.27. The van der Waals surface area contributed by atoms with Crippen LogP contribution in [0.25, 0.3) is 0 Å². The van der Waals surface area contributed by atoms with Crippen molar-refractivity contribution < 1.29 is 8.42 Å². The van der Waals surface area contributed by atoms with Gasteiger partial charge in [-0.25, -0.2) is 32.1 Å². The molecule has 2 aromatic heterocycles. The van der Waals surface area contributed by atoms with E-state index in [-0.39, 0.29) is 0 Å². The first-order chi connectivity index (χ1) is 12.4. The molecule has 3 aromatic rings. The van der Waals surface area contributed by atoms with E-state index in [4.69, 9.17) is 0 Å². The zero-order chi connectivity index (χ0) is 18.6. The SMILES string of the molecule is CN(CCc1nc(Cn2cncn2)nn1Cc1ccccc1)S(C)(=O)=O. The molecule has 26 heavy (non-hydrogen) atoms. The third-order valence-electron chi connectivity index (χ3n) is 3.95. The number of aromatic nitrogens is 6. The van der Waals surface area contributed by atoms with Crippen molar-refractivity contribution in [2.75, 3.05) is 19.8 Å². The van der Waals surface area contributed by atoms with E-state index >= 15 is 0 Å². The van der Waals surface area contributed by atoms with Crippen LogP contribution >= 0.6 is 0 Å². The summed E-state index contributed by atoms with van der Waals surface area (Å²) in [7, 11) is -1.67. The number of rotatable bonds is 8. The maximum atomic E-state index is 11.6. The maximum absolute atomic E-state index is 11.6. The van der Waals surface area contributed by atoms with Crippen molar-refractivity contribution in [2.45, 2.75) is 19.5 Å². The van der Waals surface area contributed by atoms with Gasteiger partial charge in [0.1, 0.15) is 25.0 Å². The third kappa shape index (κ3) is 4.73. The van der Waals surface area contributed by atoms with Gasteiger partial charge in [0.2, 0.25) is 10.0 Å². The first-order valence-electron chi connectivity index (χ1n) is 8.12. The molecule has 10 heteroatoms. The molecule has 9 nitrogen and oxygen atoms in total. The summed E-state index contributed by atoms with van der Waals surface area (Å²) < 4.78 is 28.0. The Morgan fingerprint density at radius 2 is 1.92 bits per heavy atom. The van der Waals surface area contributed by atoms with Crippen LogP contribution in [0.1, 0.15) is 17.2 Å². The zero-order valence-corrected chi connectivity index (χ0v) is 15.5. The van der Waals surface area contributed by atoms with Crippen molar-refractivity contribution in [1.82, 2.24) is 33.8 Å². The molecule has 0 aliphatic carbocycles. The minimum Gasteiger partial charge on any atom is -0.245 e. The first kappa shape index (κ1) is 18.2. The van der Waals surface area contributed by atoms with E-state index in [0.29, 0.717) is 31.9 Å². The molecule has 0 fully saturated rings. The van der Waals surface area contributed by atoms with E-state index in [1.54, 1.807) is 18.1 Å². The second-order valence-corrected chi connectivity index (χ2v) is 8.10. The molecule has 0 bridgehead atoms. The molecule has 3 rings (SSSR count). The van der Waals surface area contributed by atoms with Gasteiger partial charge >= 0.3 is 0 Å². The highest BCUT2D eigenvalue weighted by molar-refractivity contribution is 7.88. The lowest BCUT2D eigenvalue weighted by molar-refractivity contribution is 0.468. The normalized spacial score (nSPS) is 12.0.